The highest BCUT2D eigenvalue weighted by Gasteiger charge is 2.21. The van der Waals surface area contributed by atoms with Crippen molar-refractivity contribution in [1.82, 2.24) is 15.2 Å². The Morgan fingerprint density at radius 2 is 2.00 bits per heavy atom. The van der Waals surface area contributed by atoms with Crippen molar-refractivity contribution < 1.29 is 13.9 Å². The Balaban J connectivity index is 1.41. The quantitative estimate of drug-likeness (QED) is 0.265. The maximum Gasteiger partial charge on any atom is 0.281 e. The van der Waals surface area contributed by atoms with E-state index in [0.29, 0.717) is 33.7 Å². The minimum Gasteiger partial charge on any atom is -0.438 e. The first-order valence-electron chi connectivity index (χ1n) is 11.5. The van der Waals surface area contributed by atoms with Crippen LogP contribution in [0.2, 0.25) is 0 Å². The van der Waals surface area contributed by atoms with E-state index in [4.69, 9.17) is 4.74 Å². The van der Waals surface area contributed by atoms with Crippen molar-refractivity contribution in [2.45, 2.75) is 33.1 Å². The number of halogens is 1. The summed E-state index contributed by atoms with van der Waals surface area (Å²) in [6, 6.07) is 17.3. The third kappa shape index (κ3) is 5.02. The zero-order valence-corrected chi connectivity index (χ0v) is 20.3. The Labute approximate surface area is 207 Å². The van der Waals surface area contributed by atoms with Crippen molar-refractivity contribution in [3.63, 3.8) is 0 Å². The maximum atomic E-state index is 13.4. The van der Waals surface area contributed by atoms with Gasteiger partial charge in [0.1, 0.15) is 11.6 Å². The highest BCUT2D eigenvalue weighted by atomic mass is 32.1. The van der Waals surface area contributed by atoms with E-state index in [1.54, 1.807) is 28.2 Å². The van der Waals surface area contributed by atoms with Gasteiger partial charge in [0.15, 0.2) is 0 Å². The molecule has 1 aliphatic rings. The fourth-order valence-corrected chi connectivity index (χ4v) is 5.25. The summed E-state index contributed by atoms with van der Waals surface area (Å²) in [6.45, 7) is 4.09. The molecular formula is C27H25FN4O2S. The molecule has 5 rings (SSSR count). The molecule has 178 valence electrons. The second-order valence-electron chi connectivity index (χ2n) is 8.71. The summed E-state index contributed by atoms with van der Waals surface area (Å²) >= 11 is 1.54. The van der Waals surface area contributed by atoms with Crippen LogP contribution in [-0.4, -0.2) is 21.9 Å². The molecule has 8 heteroatoms. The molecule has 4 aromatic rings. The first-order chi connectivity index (χ1) is 17.0. The summed E-state index contributed by atoms with van der Waals surface area (Å²) in [5.74, 6) is 0.941. The number of nitrogens with zero attached hydrogens (tertiary/aromatic N) is 3. The van der Waals surface area contributed by atoms with Gasteiger partial charge in [-0.3, -0.25) is 4.79 Å². The first kappa shape index (κ1) is 23.0. The van der Waals surface area contributed by atoms with Crippen LogP contribution in [0.3, 0.4) is 0 Å². The standard InChI is InChI=1S/C27H25FN4O2S/c1-17-8-13-24-19(14-17)15-25(35-24)26(33)30-29-16-23-18(2)31-32(21-6-4-3-5-7-21)27(23)34-22-11-9-20(28)10-12-22/h3-7,9-12,15-17H,8,13-14H2,1-2H3,(H,30,33)/b29-16-/t17-/m0/s1. The number of hydrogen-bond acceptors (Lipinski definition) is 5. The lowest BCUT2D eigenvalue weighted by atomic mass is 9.90. The van der Waals surface area contributed by atoms with E-state index in [1.165, 1.54) is 28.8 Å². The summed E-state index contributed by atoms with van der Waals surface area (Å²) in [5, 5.41) is 8.83. The number of benzene rings is 2. The van der Waals surface area contributed by atoms with E-state index in [-0.39, 0.29) is 11.7 Å². The number of fused-ring (bicyclic) bond motifs is 1. The maximum absolute atomic E-state index is 13.4. The topological polar surface area (TPSA) is 68.5 Å². The smallest absolute Gasteiger partial charge is 0.281 e. The van der Waals surface area contributed by atoms with Gasteiger partial charge in [-0.1, -0.05) is 25.1 Å². The van der Waals surface area contributed by atoms with E-state index in [2.05, 4.69) is 22.5 Å². The van der Waals surface area contributed by atoms with Crippen LogP contribution in [-0.2, 0) is 12.8 Å². The van der Waals surface area contributed by atoms with Crippen LogP contribution in [0.5, 0.6) is 11.6 Å². The summed E-state index contributed by atoms with van der Waals surface area (Å²) in [7, 11) is 0. The van der Waals surface area contributed by atoms with Gasteiger partial charge in [-0.05, 0) is 80.1 Å². The monoisotopic (exact) mass is 488 g/mol. The molecule has 0 fully saturated rings. The molecular weight excluding hydrogens is 463 g/mol. The average molecular weight is 489 g/mol. The fraction of sp³-hybridized carbons (Fsp3) is 0.222. The van der Waals surface area contributed by atoms with Gasteiger partial charge in [-0.15, -0.1) is 11.3 Å². The number of para-hydroxylation sites is 1. The van der Waals surface area contributed by atoms with Crippen LogP contribution in [0.4, 0.5) is 4.39 Å². The van der Waals surface area contributed by atoms with Gasteiger partial charge < -0.3 is 4.74 Å². The molecule has 0 saturated carbocycles. The summed E-state index contributed by atoms with van der Waals surface area (Å²) in [5.41, 5.74) is 6.00. The molecule has 0 bridgehead atoms. The first-order valence-corrected chi connectivity index (χ1v) is 12.3. The van der Waals surface area contributed by atoms with Crippen molar-refractivity contribution in [3.8, 4) is 17.3 Å². The minimum absolute atomic E-state index is 0.234. The fourth-order valence-electron chi connectivity index (χ4n) is 4.15. The lowest BCUT2D eigenvalue weighted by Crippen LogP contribution is -2.16. The number of carbonyl (C=O) groups is 1. The van der Waals surface area contributed by atoms with Crippen LogP contribution in [0.15, 0.2) is 65.8 Å². The molecule has 1 N–H and O–H groups in total. The lowest BCUT2D eigenvalue weighted by molar-refractivity contribution is 0.0959. The number of aryl methyl sites for hydroxylation is 2. The molecule has 0 unspecified atom stereocenters. The molecule has 35 heavy (non-hydrogen) atoms. The van der Waals surface area contributed by atoms with Crippen LogP contribution in [0.25, 0.3) is 5.69 Å². The van der Waals surface area contributed by atoms with E-state index in [9.17, 15) is 9.18 Å². The predicted octanol–water partition coefficient (Wildman–Crippen LogP) is 6.06. The third-order valence-corrected chi connectivity index (χ3v) is 7.24. The molecule has 1 atom stereocenters. The highest BCUT2D eigenvalue weighted by Crippen LogP contribution is 2.32. The molecule has 0 spiro atoms. The second-order valence-corrected chi connectivity index (χ2v) is 9.85. The SMILES string of the molecule is Cc1nn(-c2ccccc2)c(Oc2ccc(F)cc2)c1/C=N\NC(=O)c1cc2c(s1)CC[C@H](C)C2. The number of ether oxygens (including phenoxy) is 1. The Hall–Kier alpha value is -3.78. The van der Waals surface area contributed by atoms with Crippen LogP contribution in [0.1, 0.15) is 44.7 Å². The lowest BCUT2D eigenvalue weighted by Gasteiger charge is -2.16. The van der Waals surface area contributed by atoms with Crippen LogP contribution in [0, 0.1) is 18.7 Å². The molecule has 1 aliphatic carbocycles. The van der Waals surface area contributed by atoms with Crippen molar-refractivity contribution in [3.05, 3.63) is 93.1 Å². The normalized spacial score (nSPS) is 15.2. The molecule has 0 radical (unpaired) electrons. The van der Waals surface area contributed by atoms with Gasteiger partial charge in [0.05, 0.1) is 28.0 Å². The number of hydrazone groups is 1. The summed E-state index contributed by atoms with van der Waals surface area (Å²) in [4.78, 5) is 14.7. The molecule has 2 aromatic carbocycles. The highest BCUT2D eigenvalue weighted by molar-refractivity contribution is 7.14. The molecule has 1 amide bonds. The number of hydrogen-bond donors (Lipinski definition) is 1. The van der Waals surface area contributed by atoms with Crippen molar-refractivity contribution in [2.75, 3.05) is 0 Å². The molecule has 2 heterocycles. The van der Waals surface area contributed by atoms with E-state index in [0.717, 1.165) is 24.9 Å². The van der Waals surface area contributed by atoms with Gasteiger partial charge in [0.2, 0.25) is 5.88 Å². The van der Waals surface area contributed by atoms with Crippen molar-refractivity contribution in [2.24, 2.45) is 11.0 Å². The number of thiophene rings is 1. The number of amides is 1. The third-order valence-electron chi connectivity index (χ3n) is 6.00. The Bertz CT molecular complexity index is 1380. The van der Waals surface area contributed by atoms with Crippen molar-refractivity contribution >= 4 is 23.5 Å². The minimum atomic E-state index is -0.348. The van der Waals surface area contributed by atoms with Gasteiger partial charge in [-0.25, -0.2) is 9.82 Å². The molecule has 6 nitrogen and oxygen atoms in total. The number of carbonyl (C=O) groups excluding carboxylic acids is 1. The molecule has 0 aliphatic heterocycles. The van der Waals surface area contributed by atoms with Gasteiger partial charge in [0, 0.05) is 4.88 Å². The van der Waals surface area contributed by atoms with Gasteiger partial charge in [0.25, 0.3) is 5.91 Å². The van der Waals surface area contributed by atoms with Crippen molar-refractivity contribution in [1.29, 1.82) is 0 Å². The average Bonchev–Trinajstić information content (AvgIpc) is 3.42. The van der Waals surface area contributed by atoms with E-state index >= 15 is 0 Å². The van der Waals surface area contributed by atoms with E-state index < -0.39 is 0 Å². The van der Waals surface area contributed by atoms with Crippen LogP contribution < -0.4 is 10.2 Å². The van der Waals surface area contributed by atoms with E-state index in [1.807, 2.05) is 43.3 Å². The van der Waals surface area contributed by atoms with Gasteiger partial charge >= 0.3 is 0 Å². The largest absolute Gasteiger partial charge is 0.438 e. The predicted molar refractivity (Wildman–Crippen MR) is 135 cm³/mol. The zero-order valence-electron chi connectivity index (χ0n) is 19.5. The zero-order chi connectivity index (χ0) is 24.4. The summed E-state index contributed by atoms with van der Waals surface area (Å²) in [6.07, 6.45) is 4.74. The number of nitrogens with one attached hydrogen (secondary N) is 1. The molecule has 2 aromatic heterocycles. The second kappa shape index (κ2) is 9.84. The number of rotatable bonds is 6. The Morgan fingerprint density at radius 3 is 2.77 bits per heavy atom. The Morgan fingerprint density at radius 1 is 1.23 bits per heavy atom. The van der Waals surface area contributed by atoms with Crippen LogP contribution >= 0.6 is 11.3 Å². The van der Waals surface area contributed by atoms with Gasteiger partial charge in [-0.2, -0.15) is 14.9 Å². The number of aromatic nitrogens is 2. The molecule has 0 saturated heterocycles. The Kier molecular flexibility index (Phi) is 6.46. The summed E-state index contributed by atoms with van der Waals surface area (Å²) < 4.78 is 21.2.